The predicted octanol–water partition coefficient (Wildman–Crippen LogP) is 6.00. The van der Waals surface area contributed by atoms with Crippen LogP contribution in [0.2, 0.25) is 0 Å². The molecule has 0 saturated heterocycles. The first-order chi connectivity index (χ1) is 12.5. The smallest absolute Gasteiger partial charge is 0.227 e. The van der Waals surface area contributed by atoms with E-state index in [0.29, 0.717) is 0 Å². The number of amides is 2. The van der Waals surface area contributed by atoms with Crippen molar-refractivity contribution in [1.82, 2.24) is 0 Å². The Morgan fingerprint density at radius 2 is 1.08 bits per heavy atom. The number of carbonyl (C=O) groups is 2. The van der Waals surface area contributed by atoms with E-state index in [9.17, 15) is 9.59 Å². The molecule has 0 aromatic heterocycles. The van der Waals surface area contributed by atoms with Crippen molar-refractivity contribution in [3.8, 4) is 0 Å². The van der Waals surface area contributed by atoms with Crippen LogP contribution in [0.1, 0.15) is 79.1 Å². The molecule has 0 fully saturated rings. The van der Waals surface area contributed by atoms with Gasteiger partial charge in [0, 0.05) is 23.2 Å². The first kappa shape index (κ1) is 22.2. The van der Waals surface area contributed by atoms with Crippen molar-refractivity contribution in [3.63, 3.8) is 0 Å². The number of benzene rings is 1. The summed E-state index contributed by atoms with van der Waals surface area (Å²) in [6.45, 7) is 8.40. The van der Waals surface area contributed by atoms with Crippen LogP contribution in [0.25, 0.3) is 0 Å². The molecule has 0 heterocycles. The lowest BCUT2D eigenvalue weighted by molar-refractivity contribution is -0.121. The highest BCUT2D eigenvalue weighted by Gasteiger charge is 2.17. The molecule has 0 aliphatic heterocycles. The first-order valence-corrected chi connectivity index (χ1v) is 10.3. The van der Waals surface area contributed by atoms with Crippen LogP contribution in [0, 0.1) is 11.8 Å². The molecular formula is C22H36N2O2. The van der Waals surface area contributed by atoms with E-state index in [1.165, 1.54) is 0 Å². The van der Waals surface area contributed by atoms with Gasteiger partial charge in [0.1, 0.15) is 0 Å². The second kappa shape index (κ2) is 12.5. The summed E-state index contributed by atoms with van der Waals surface area (Å²) in [4.78, 5) is 24.7. The number of unbranched alkanes of at least 4 members (excludes halogenated alkanes) is 2. The standard InChI is InChI=1S/C22H36N2O2/c1-5-9-11-17(7-3)21(25)23-19-13-15-20(16-14-19)24-22(26)18(8-4)12-10-6-2/h13-18H,5-12H2,1-4H3,(H,23,25)(H,24,26). The van der Waals surface area contributed by atoms with Gasteiger partial charge in [-0.2, -0.15) is 0 Å². The quantitative estimate of drug-likeness (QED) is 0.480. The molecule has 0 spiro atoms. The Morgan fingerprint density at radius 3 is 1.35 bits per heavy atom. The van der Waals surface area contributed by atoms with E-state index < -0.39 is 0 Å². The van der Waals surface area contributed by atoms with Gasteiger partial charge in [0.05, 0.1) is 0 Å². The summed E-state index contributed by atoms with van der Waals surface area (Å²) >= 11 is 0. The Balaban J connectivity index is 2.59. The molecule has 26 heavy (non-hydrogen) atoms. The highest BCUT2D eigenvalue weighted by Crippen LogP contribution is 2.20. The van der Waals surface area contributed by atoms with Crippen LogP contribution in [-0.4, -0.2) is 11.8 Å². The molecule has 2 N–H and O–H groups in total. The van der Waals surface area contributed by atoms with Gasteiger partial charge in [-0.05, 0) is 49.9 Å². The van der Waals surface area contributed by atoms with E-state index in [4.69, 9.17) is 0 Å². The number of hydrogen-bond donors (Lipinski definition) is 2. The zero-order valence-corrected chi connectivity index (χ0v) is 16.9. The van der Waals surface area contributed by atoms with Crippen molar-refractivity contribution >= 4 is 23.2 Å². The van der Waals surface area contributed by atoms with Gasteiger partial charge in [-0.3, -0.25) is 9.59 Å². The Morgan fingerprint density at radius 1 is 0.731 bits per heavy atom. The Bertz CT molecular complexity index is 491. The fourth-order valence-electron chi connectivity index (χ4n) is 3.07. The maximum absolute atomic E-state index is 12.4. The largest absolute Gasteiger partial charge is 0.326 e. The highest BCUT2D eigenvalue weighted by atomic mass is 16.2. The van der Waals surface area contributed by atoms with E-state index in [1.807, 2.05) is 24.3 Å². The zero-order chi connectivity index (χ0) is 19.4. The molecule has 0 bridgehead atoms. The molecule has 2 unspecified atom stereocenters. The number of hydrogen-bond acceptors (Lipinski definition) is 2. The summed E-state index contributed by atoms with van der Waals surface area (Å²) in [6, 6.07) is 7.42. The van der Waals surface area contributed by atoms with Crippen molar-refractivity contribution in [1.29, 1.82) is 0 Å². The molecule has 2 amide bonds. The van der Waals surface area contributed by atoms with Gasteiger partial charge in [0.2, 0.25) is 11.8 Å². The molecule has 146 valence electrons. The minimum absolute atomic E-state index is 0.0678. The fraction of sp³-hybridized carbons (Fsp3) is 0.636. The van der Waals surface area contributed by atoms with Crippen molar-refractivity contribution in [2.24, 2.45) is 11.8 Å². The third-order valence-electron chi connectivity index (χ3n) is 4.96. The number of nitrogens with one attached hydrogen (secondary N) is 2. The van der Waals surface area contributed by atoms with Gasteiger partial charge in [0.15, 0.2) is 0 Å². The average molecular weight is 361 g/mol. The lowest BCUT2D eigenvalue weighted by Gasteiger charge is -2.16. The molecule has 0 radical (unpaired) electrons. The SMILES string of the molecule is CCCCC(CC)C(=O)Nc1ccc(NC(=O)C(CC)CCCC)cc1. The molecule has 1 aromatic carbocycles. The number of rotatable bonds is 12. The second-order valence-corrected chi connectivity index (χ2v) is 7.05. The van der Waals surface area contributed by atoms with Crippen LogP contribution in [0.15, 0.2) is 24.3 Å². The molecular weight excluding hydrogens is 324 g/mol. The van der Waals surface area contributed by atoms with Crippen LogP contribution < -0.4 is 10.6 Å². The Kier molecular flexibility index (Phi) is 10.7. The second-order valence-electron chi connectivity index (χ2n) is 7.05. The maximum atomic E-state index is 12.4. The van der Waals surface area contributed by atoms with E-state index in [0.717, 1.165) is 62.7 Å². The monoisotopic (exact) mass is 360 g/mol. The molecule has 0 saturated carbocycles. The van der Waals surface area contributed by atoms with Crippen molar-refractivity contribution in [2.45, 2.75) is 79.1 Å². The highest BCUT2D eigenvalue weighted by molar-refractivity contribution is 5.94. The summed E-state index contributed by atoms with van der Waals surface area (Å²) in [5, 5.41) is 5.99. The summed E-state index contributed by atoms with van der Waals surface area (Å²) in [5.74, 6) is 0.308. The molecule has 0 aliphatic rings. The lowest BCUT2D eigenvalue weighted by Crippen LogP contribution is -2.23. The minimum Gasteiger partial charge on any atom is -0.326 e. The van der Waals surface area contributed by atoms with E-state index in [-0.39, 0.29) is 23.7 Å². The van der Waals surface area contributed by atoms with Gasteiger partial charge in [-0.15, -0.1) is 0 Å². The molecule has 4 heteroatoms. The Labute approximate surface area is 159 Å². The normalized spacial score (nSPS) is 13.1. The van der Waals surface area contributed by atoms with E-state index in [1.54, 1.807) is 0 Å². The van der Waals surface area contributed by atoms with Crippen molar-refractivity contribution < 1.29 is 9.59 Å². The van der Waals surface area contributed by atoms with Crippen molar-refractivity contribution in [2.75, 3.05) is 10.6 Å². The summed E-state index contributed by atoms with van der Waals surface area (Å²) < 4.78 is 0. The third kappa shape index (κ3) is 7.59. The van der Waals surface area contributed by atoms with Crippen molar-refractivity contribution in [3.05, 3.63) is 24.3 Å². The summed E-state index contributed by atoms with van der Waals surface area (Å²) in [5.41, 5.74) is 1.56. The van der Waals surface area contributed by atoms with E-state index >= 15 is 0 Å². The zero-order valence-electron chi connectivity index (χ0n) is 16.9. The predicted molar refractivity (Wildman–Crippen MR) is 110 cm³/mol. The fourth-order valence-corrected chi connectivity index (χ4v) is 3.07. The molecule has 2 atom stereocenters. The summed E-state index contributed by atoms with van der Waals surface area (Å²) in [7, 11) is 0. The van der Waals surface area contributed by atoms with Gasteiger partial charge < -0.3 is 10.6 Å². The number of carbonyl (C=O) groups excluding carboxylic acids is 2. The number of anilines is 2. The average Bonchev–Trinajstić information content (AvgIpc) is 2.64. The molecule has 1 rings (SSSR count). The Hall–Kier alpha value is -1.84. The van der Waals surface area contributed by atoms with Gasteiger partial charge >= 0.3 is 0 Å². The van der Waals surface area contributed by atoms with Crippen LogP contribution in [0.4, 0.5) is 11.4 Å². The van der Waals surface area contributed by atoms with Crippen LogP contribution in [0.5, 0.6) is 0 Å². The lowest BCUT2D eigenvalue weighted by atomic mass is 9.98. The summed E-state index contributed by atoms with van der Waals surface area (Å²) in [6.07, 6.45) is 7.95. The van der Waals surface area contributed by atoms with Crippen LogP contribution in [-0.2, 0) is 9.59 Å². The topological polar surface area (TPSA) is 58.2 Å². The van der Waals surface area contributed by atoms with Crippen LogP contribution >= 0.6 is 0 Å². The van der Waals surface area contributed by atoms with Gasteiger partial charge in [-0.25, -0.2) is 0 Å². The van der Waals surface area contributed by atoms with Gasteiger partial charge in [0.25, 0.3) is 0 Å². The maximum Gasteiger partial charge on any atom is 0.227 e. The van der Waals surface area contributed by atoms with Crippen LogP contribution in [0.3, 0.4) is 0 Å². The molecule has 4 nitrogen and oxygen atoms in total. The first-order valence-electron chi connectivity index (χ1n) is 10.3. The van der Waals surface area contributed by atoms with E-state index in [2.05, 4.69) is 38.3 Å². The third-order valence-corrected chi connectivity index (χ3v) is 4.96. The molecule has 0 aliphatic carbocycles. The molecule has 1 aromatic rings. The van der Waals surface area contributed by atoms with Gasteiger partial charge in [-0.1, -0.05) is 53.4 Å². The minimum atomic E-state index is 0.0678.